The third-order valence-corrected chi connectivity index (χ3v) is 5.37. The fourth-order valence-corrected chi connectivity index (χ4v) is 4.11. The average Bonchev–Trinajstić information content (AvgIpc) is 2.85. The summed E-state index contributed by atoms with van der Waals surface area (Å²) in [4.78, 5) is 16.4. The van der Waals surface area contributed by atoms with Crippen LogP contribution < -0.4 is 0 Å². The summed E-state index contributed by atoms with van der Waals surface area (Å²) >= 11 is 0. The van der Waals surface area contributed by atoms with E-state index in [2.05, 4.69) is 30.7 Å². The molecule has 1 heterocycles. The number of aliphatic carboxylic acids is 1. The smallest absolute Gasteiger partial charge is 0.308 e. The summed E-state index contributed by atoms with van der Waals surface area (Å²) in [5, 5.41) is 9.47. The molecule has 1 N–H and O–H groups in total. The summed E-state index contributed by atoms with van der Waals surface area (Å²) in [6.45, 7) is 7.82. The van der Waals surface area contributed by atoms with E-state index in [0.717, 1.165) is 32.4 Å². The highest BCUT2D eigenvalue weighted by Crippen LogP contribution is 2.32. The largest absolute Gasteiger partial charge is 0.481 e. The van der Waals surface area contributed by atoms with Crippen molar-refractivity contribution in [2.24, 2.45) is 11.8 Å². The lowest BCUT2D eigenvalue weighted by Gasteiger charge is -2.40. The van der Waals surface area contributed by atoms with Crippen LogP contribution in [0.25, 0.3) is 0 Å². The lowest BCUT2D eigenvalue weighted by Crippen LogP contribution is -2.49. The van der Waals surface area contributed by atoms with Gasteiger partial charge in [0.1, 0.15) is 0 Å². The Morgan fingerprint density at radius 3 is 2.75 bits per heavy atom. The maximum absolute atomic E-state index is 11.5. The van der Waals surface area contributed by atoms with Gasteiger partial charge in [0.25, 0.3) is 0 Å². The van der Waals surface area contributed by atoms with Gasteiger partial charge in [-0.1, -0.05) is 13.8 Å². The Morgan fingerprint density at radius 2 is 2.10 bits per heavy atom. The maximum Gasteiger partial charge on any atom is 0.308 e. The van der Waals surface area contributed by atoms with Crippen molar-refractivity contribution >= 4 is 5.97 Å². The van der Waals surface area contributed by atoms with E-state index in [9.17, 15) is 9.90 Å². The first-order valence-electron chi connectivity index (χ1n) is 8.20. The maximum atomic E-state index is 11.5. The minimum atomic E-state index is -0.604. The van der Waals surface area contributed by atoms with E-state index in [4.69, 9.17) is 0 Å². The molecule has 1 saturated carbocycles. The number of carboxylic acids is 1. The summed E-state index contributed by atoms with van der Waals surface area (Å²) in [6.07, 6.45) is 5.49. The van der Waals surface area contributed by atoms with Crippen LogP contribution in [0.15, 0.2) is 0 Å². The minimum absolute atomic E-state index is 0.173. The molecular weight excluding hydrogens is 252 g/mol. The SMILES string of the molecule is CCN1CCCC1CN(C)C1CC(C)CCC1C(=O)O. The van der Waals surface area contributed by atoms with E-state index in [1.165, 1.54) is 19.4 Å². The molecule has 4 unspecified atom stereocenters. The van der Waals surface area contributed by atoms with Gasteiger partial charge in [0.2, 0.25) is 0 Å². The molecule has 0 radical (unpaired) electrons. The molecule has 2 rings (SSSR count). The lowest BCUT2D eigenvalue weighted by atomic mass is 9.78. The molecule has 4 nitrogen and oxygen atoms in total. The molecule has 0 aromatic rings. The van der Waals surface area contributed by atoms with E-state index >= 15 is 0 Å². The molecule has 116 valence electrons. The second-order valence-electron chi connectivity index (χ2n) is 6.79. The van der Waals surface area contributed by atoms with E-state index in [0.29, 0.717) is 12.0 Å². The summed E-state index contributed by atoms with van der Waals surface area (Å²) in [6, 6.07) is 0.840. The van der Waals surface area contributed by atoms with Gasteiger partial charge in [0, 0.05) is 18.6 Å². The first kappa shape index (κ1) is 15.8. The lowest BCUT2D eigenvalue weighted by molar-refractivity contribution is -0.146. The predicted octanol–water partition coefficient (Wildman–Crippen LogP) is 2.29. The highest BCUT2D eigenvalue weighted by molar-refractivity contribution is 5.71. The second-order valence-corrected chi connectivity index (χ2v) is 6.79. The third kappa shape index (κ3) is 3.53. The van der Waals surface area contributed by atoms with Crippen LogP contribution >= 0.6 is 0 Å². The van der Waals surface area contributed by atoms with Crippen molar-refractivity contribution in [3.63, 3.8) is 0 Å². The van der Waals surface area contributed by atoms with Gasteiger partial charge in [-0.15, -0.1) is 0 Å². The summed E-state index contributed by atoms with van der Waals surface area (Å²) in [5.74, 6) is -0.121. The Morgan fingerprint density at radius 1 is 1.35 bits per heavy atom. The molecule has 1 saturated heterocycles. The highest BCUT2D eigenvalue weighted by atomic mass is 16.4. The van der Waals surface area contributed by atoms with E-state index in [1.54, 1.807) is 0 Å². The number of carboxylic acid groups (broad SMARTS) is 1. The number of nitrogens with zero attached hydrogens (tertiary/aromatic N) is 2. The van der Waals surface area contributed by atoms with Crippen molar-refractivity contribution in [3.05, 3.63) is 0 Å². The number of likely N-dealkylation sites (tertiary alicyclic amines) is 1. The Labute approximate surface area is 123 Å². The van der Waals surface area contributed by atoms with Gasteiger partial charge in [-0.25, -0.2) is 0 Å². The molecule has 4 heteroatoms. The molecule has 1 aliphatic carbocycles. The van der Waals surface area contributed by atoms with E-state index in [1.807, 2.05) is 0 Å². The summed E-state index contributed by atoms with van der Waals surface area (Å²) < 4.78 is 0. The van der Waals surface area contributed by atoms with Gasteiger partial charge >= 0.3 is 5.97 Å². The van der Waals surface area contributed by atoms with Crippen molar-refractivity contribution in [2.45, 2.75) is 58.0 Å². The summed E-state index contributed by atoms with van der Waals surface area (Å²) in [7, 11) is 2.13. The van der Waals surface area contributed by atoms with Gasteiger partial charge < -0.3 is 10.0 Å². The van der Waals surface area contributed by atoms with Crippen molar-refractivity contribution in [2.75, 3.05) is 26.7 Å². The Bertz CT molecular complexity index is 334. The Balaban J connectivity index is 1.97. The van der Waals surface area contributed by atoms with Gasteiger partial charge in [-0.05, 0) is 58.2 Å². The molecule has 0 spiro atoms. The van der Waals surface area contributed by atoms with Crippen LogP contribution in [0.1, 0.15) is 46.0 Å². The quantitative estimate of drug-likeness (QED) is 0.840. The van der Waals surface area contributed by atoms with E-state index < -0.39 is 5.97 Å². The van der Waals surface area contributed by atoms with Gasteiger partial charge in [-0.2, -0.15) is 0 Å². The number of rotatable bonds is 5. The predicted molar refractivity (Wildman–Crippen MR) is 80.8 cm³/mol. The molecule has 1 aliphatic heterocycles. The topological polar surface area (TPSA) is 43.8 Å². The van der Waals surface area contributed by atoms with Crippen molar-refractivity contribution < 1.29 is 9.90 Å². The Hall–Kier alpha value is -0.610. The van der Waals surface area contributed by atoms with Gasteiger partial charge in [-0.3, -0.25) is 9.69 Å². The van der Waals surface area contributed by atoms with Crippen molar-refractivity contribution in [3.8, 4) is 0 Å². The fourth-order valence-electron chi connectivity index (χ4n) is 4.11. The zero-order valence-electron chi connectivity index (χ0n) is 13.2. The monoisotopic (exact) mass is 282 g/mol. The molecule has 0 amide bonds. The van der Waals surface area contributed by atoms with Crippen molar-refractivity contribution in [1.29, 1.82) is 0 Å². The average molecular weight is 282 g/mol. The van der Waals surface area contributed by atoms with Crippen LogP contribution in [0, 0.1) is 11.8 Å². The van der Waals surface area contributed by atoms with Gasteiger partial charge in [0.15, 0.2) is 0 Å². The molecular formula is C16H30N2O2. The van der Waals surface area contributed by atoms with Crippen LogP contribution in [0.2, 0.25) is 0 Å². The minimum Gasteiger partial charge on any atom is -0.481 e. The normalized spacial score (nSPS) is 35.6. The zero-order chi connectivity index (χ0) is 14.7. The van der Waals surface area contributed by atoms with Crippen LogP contribution in [-0.2, 0) is 4.79 Å². The standard InChI is InChI=1S/C16H30N2O2/c1-4-18-9-5-6-13(18)11-17(3)15-10-12(2)7-8-14(15)16(19)20/h12-15H,4-11H2,1-3H3,(H,19,20). The van der Waals surface area contributed by atoms with E-state index in [-0.39, 0.29) is 12.0 Å². The molecule has 0 bridgehead atoms. The fraction of sp³-hybridized carbons (Fsp3) is 0.938. The summed E-state index contributed by atoms with van der Waals surface area (Å²) in [5.41, 5.74) is 0. The molecule has 20 heavy (non-hydrogen) atoms. The highest BCUT2D eigenvalue weighted by Gasteiger charge is 2.37. The van der Waals surface area contributed by atoms with Gasteiger partial charge in [0.05, 0.1) is 5.92 Å². The number of hydrogen-bond acceptors (Lipinski definition) is 3. The molecule has 2 fully saturated rings. The third-order valence-electron chi connectivity index (χ3n) is 5.37. The first-order valence-corrected chi connectivity index (χ1v) is 8.20. The molecule has 0 aromatic heterocycles. The molecule has 2 aliphatic rings. The second kappa shape index (κ2) is 6.90. The van der Waals surface area contributed by atoms with Crippen LogP contribution in [0.4, 0.5) is 0 Å². The number of hydrogen-bond donors (Lipinski definition) is 1. The zero-order valence-corrected chi connectivity index (χ0v) is 13.2. The van der Waals surface area contributed by atoms with Crippen LogP contribution in [0.3, 0.4) is 0 Å². The Kier molecular flexibility index (Phi) is 5.44. The first-order chi connectivity index (χ1) is 9.52. The van der Waals surface area contributed by atoms with Crippen LogP contribution in [0.5, 0.6) is 0 Å². The van der Waals surface area contributed by atoms with Crippen molar-refractivity contribution in [1.82, 2.24) is 9.80 Å². The number of likely N-dealkylation sites (N-methyl/N-ethyl adjacent to an activating group) is 2. The molecule has 4 atom stereocenters. The molecule has 0 aromatic carbocycles. The van der Waals surface area contributed by atoms with Crippen LogP contribution in [-0.4, -0.2) is 59.6 Å². The number of carbonyl (C=O) groups is 1.